The number of nitrogens with one attached hydrogen (secondary N) is 13. The highest BCUT2D eigenvalue weighted by Gasteiger charge is 2.46. The van der Waals surface area contributed by atoms with Crippen molar-refractivity contribution in [2.24, 2.45) is 11.5 Å². The van der Waals surface area contributed by atoms with E-state index in [-0.39, 0.29) is 83.0 Å². The zero-order chi connectivity index (χ0) is 95.4. The number of para-hydroxylation sites is 2. The van der Waals surface area contributed by atoms with Crippen LogP contribution in [0.4, 0.5) is 0 Å². The van der Waals surface area contributed by atoms with Crippen LogP contribution in [0.1, 0.15) is 134 Å². The first-order chi connectivity index (χ1) is 62.5. The molecule has 710 valence electrons. The van der Waals surface area contributed by atoms with Crippen molar-refractivity contribution < 1.29 is 102 Å². The van der Waals surface area contributed by atoms with Crippen molar-refractivity contribution in [1.82, 2.24) is 97.6 Å². The number of hydrogen-bond donors (Lipinski definition) is 19. The van der Waals surface area contributed by atoms with E-state index in [1.165, 1.54) is 71.8 Å². The lowest BCUT2D eigenvalue weighted by atomic mass is 10.00. The van der Waals surface area contributed by atoms with E-state index in [4.69, 9.17) is 11.5 Å². The molecule has 0 bridgehead atoms. The van der Waals surface area contributed by atoms with Crippen LogP contribution in [0.15, 0.2) is 97.7 Å². The molecule has 16 amide bonds. The molecule has 3 aliphatic rings. The van der Waals surface area contributed by atoms with Gasteiger partial charge in [0.15, 0.2) is 0 Å². The summed E-state index contributed by atoms with van der Waals surface area (Å²) in [4.78, 5) is 266. The zero-order valence-electron chi connectivity index (χ0n) is 74.3. The van der Waals surface area contributed by atoms with Gasteiger partial charge < -0.3 is 125 Å². The molecular formula is C88H121N21O21S. The molecule has 131 heavy (non-hydrogen) atoms. The van der Waals surface area contributed by atoms with Gasteiger partial charge in [0.2, 0.25) is 94.5 Å². The van der Waals surface area contributed by atoms with Crippen molar-refractivity contribution in [2.75, 3.05) is 65.4 Å². The number of aromatic nitrogens is 4. The van der Waals surface area contributed by atoms with Crippen LogP contribution in [0.5, 0.6) is 5.75 Å². The minimum atomic E-state index is -1.88. The summed E-state index contributed by atoms with van der Waals surface area (Å²) in [6.07, 6.45) is 3.58. The molecule has 0 radical (unpaired) electrons. The highest BCUT2D eigenvalue weighted by molar-refractivity contribution is 8.00. The van der Waals surface area contributed by atoms with Gasteiger partial charge in [0.1, 0.15) is 90.3 Å². The fourth-order valence-corrected chi connectivity index (χ4v) is 17.0. The number of likely N-dealkylation sites (N-methyl/N-ethyl adjacent to an activating group) is 3. The van der Waals surface area contributed by atoms with E-state index in [9.17, 15) is 68.4 Å². The van der Waals surface area contributed by atoms with Gasteiger partial charge in [-0.2, -0.15) is 0 Å². The van der Waals surface area contributed by atoms with E-state index >= 15 is 33.6 Å². The van der Waals surface area contributed by atoms with Crippen molar-refractivity contribution in [3.05, 3.63) is 120 Å². The maximum Gasteiger partial charge on any atom is 0.303 e. The topological polar surface area (TPSA) is 620 Å². The van der Waals surface area contributed by atoms with Gasteiger partial charge in [-0.1, -0.05) is 88.1 Å². The Balaban J connectivity index is 1.08. The lowest BCUT2D eigenvalue weighted by Crippen LogP contribution is -2.61. The van der Waals surface area contributed by atoms with Gasteiger partial charge in [0.05, 0.1) is 31.3 Å². The molecule has 6 aromatic rings. The Labute approximate surface area is 760 Å². The van der Waals surface area contributed by atoms with Crippen LogP contribution in [0, 0.1) is 0 Å². The van der Waals surface area contributed by atoms with Gasteiger partial charge in [-0.25, -0.2) is 4.98 Å². The summed E-state index contributed by atoms with van der Waals surface area (Å²) in [7, 11) is 3.92. The number of nitrogens with zero attached hydrogens (tertiary/aromatic N) is 6. The largest absolute Gasteiger partial charge is 0.508 e. The quantitative estimate of drug-likeness (QED) is 0.0298. The number of phenols is 1. The molecule has 3 saturated heterocycles. The number of aliphatic hydroxyl groups excluding tert-OH is 2. The second-order valence-electron chi connectivity index (χ2n) is 33.2. The molecule has 3 aliphatic heterocycles. The molecule has 9 rings (SSSR count). The minimum absolute atomic E-state index is 0.0137. The third kappa shape index (κ3) is 27.8. The number of rotatable bonds is 24. The van der Waals surface area contributed by atoms with Crippen molar-refractivity contribution in [3.8, 4) is 5.75 Å². The number of aliphatic carboxylic acids is 1. The molecule has 3 fully saturated rings. The molecule has 0 unspecified atom stereocenters. The number of hydrogen-bond acceptors (Lipinski definition) is 23. The molecule has 0 spiro atoms. The van der Waals surface area contributed by atoms with E-state index in [0.717, 1.165) is 36.3 Å². The van der Waals surface area contributed by atoms with Gasteiger partial charge in [-0.05, 0) is 106 Å². The van der Waals surface area contributed by atoms with E-state index in [0.29, 0.717) is 69.9 Å². The first kappa shape index (κ1) is 102. The number of aromatic amines is 3. The lowest BCUT2D eigenvalue weighted by molar-refractivity contribution is -0.149. The predicted octanol–water partition coefficient (Wildman–Crippen LogP) is -2.49. The fraction of sp³-hybridized carbons (Fsp3) is 0.523. The number of phenolic OH excluding ortho intramolecular Hbond substituents is 1. The number of primary amides is 1. The summed E-state index contributed by atoms with van der Waals surface area (Å²) >= 11 is 0.778. The minimum Gasteiger partial charge on any atom is -0.508 e. The number of nitrogens with two attached hydrogens (primary N) is 2. The van der Waals surface area contributed by atoms with Crippen molar-refractivity contribution in [3.63, 3.8) is 0 Å². The van der Waals surface area contributed by atoms with E-state index in [1.807, 2.05) is 13.8 Å². The predicted molar refractivity (Wildman–Crippen MR) is 478 cm³/mol. The zero-order valence-corrected chi connectivity index (χ0v) is 75.2. The SMILES string of the molecule is CCCC[C@H]1C(=O)N(C)[C@@H](CCCC)C(=O)N[C@@H](C)C(=O)N[C@H](C(=O)NCC(N)=O)CSCC(=O)N[C@@H](Cc2ccc(O)cc2)C(=O)N(C)[C@@H](C)C(=O)N[C@@H](CCC(=O)O)C(=O)N2CCC[C@H]2C(=O)N[C@@H](Cc2cnc[nH]2)C(=O)N[C@@H](CCCN)C(=O)N2C[C@H](O)C[C@H]2C(=O)N[C@@H](Cc2c[nH]c3ccccc23)C(=O)N[C@@H](CO)C(=O)N[C@@H](Cc2c[nH]c3ccccc23)C(=O)N1C. The second kappa shape index (κ2) is 48.6. The van der Waals surface area contributed by atoms with Gasteiger partial charge in [0.25, 0.3) is 0 Å². The maximum atomic E-state index is 15.6. The number of thioether (sulfide) groups is 1. The monoisotopic (exact) mass is 1840 g/mol. The van der Waals surface area contributed by atoms with E-state index in [1.54, 1.807) is 60.9 Å². The molecule has 3 aromatic heterocycles. The Bertz CT molecular complexity index is 5050. The summed E-state index contributed by atoms with van der Waals surface area (Å²) < 4.78 is 0. The number of amides is 16. The average Bonchev–Trinajstić information content (AvgIpc) is 1.61. The molecule has 43 heteroatoms. The van der Waals surface area contributed by atoms with Crippen molar-refractivity contribution in [1.29, 1.82) is 0 Å². The Hall–Kier alpha value is -13.0. The number of carbonyl (C=O) groups is 17. The highest BCUT2D eigenvalue weighted by Crippen LogP contribution is 2.28. The van der Waals surface area contributed by atoms with Crippen LogP contribution in [-0.4, -0.2) is 321 Å². The molecular weight excluding hydrogens is 1720 g/mol. The van der Waals surface area contributed by atoms with Gasteiger partial charge in [-0.3, -0.25) is 81.5 Å². The number of fused-ring (bicyclic) bond motifs is 4. The molecule has 3 aromatic carbocycles. The first-order valence-corrected chi connectivity index (χ1v) is 45.0. The van der Waals surface area contributed by atoms with Crippen LogP contribution in [0.25, 0.3) is 21.8 Å². The number of H-pyrrole nitrogens is 3. The van der Waals surface area contributed by atoms with Crippen LogP contribution in [0.2, 0.25) is 0 Å². The summed E-state index contributed by atoms with van der Waals surface area (Å²) in [5, 5.41) is 70.2. The Kier molecular flexibility index (Phi) is 37.7. The Morgan fingerprint density at radius 3 is 1.69 bits per heavy atom. The molecule has 6 heterocycles. The van der Waals surface area contributed by atoms with E-state index in [2.05, 4.69) is 73.1 Å². The van der Waals surface area contributed by atoms with E-state index < -0.39 is 242 Å². The number of carboxylic acid groups (broad SMARTS) is 1. The molecule has 42 nitrogen and oxygen atoms in total. The highest BCUT2D eigenvalue weighted by atomic mass is 32.2. The number of aromatic hydroxyl groups is 1. The fourth-order valence-electron chi connectivity index (χ4n) is 16.1. The number of imidazole rings is 1. The first-order valence-electron chi connectivity index (χ1n) is 43.9. The smallest absolute Gasteiger partial charge is 0.303 e. The maximum absolute atomic E-state index is 15.6. The number of carbonyl (C=O) groups excluding carboxylic acids is 16. The normalized spacial score (nSPS) is 25.2. The van der Waals surface area contributed by atoms with Crippen LogP contribution < -0.4 is 64.6 Å². The third-order valence-electron chi connectivity index (χ3n) is 23.7. The van der Waals surface area contributed by atoms with Crippen molar-refractivity contribution >= 4 is 134 Å². The van der Waals surface area contributed by atoms with Gasteiger partial charge in [0, 0.05) is 125 Å². The molecule has 0 saturated carbocycles. The Morgan fingerprint density at radius 2 is 1.09 bits per heavy atom. The summed E-state index contributed by atoms with van der Waals surface area (Å²) in [6, 6.07) is -1.90. The number of carboxylic acids is 1. The van der Waals surface area contributed by atoms with Crippen LogP contribution >= 0.6 is 11.8 Å². The third-order valence-corrected chi connectivity index (χ3v) is 24.7. The number of aliphatic hydroxyl groups is 2. The molecule has 0 aliphatic carbocycles. The van der Waals surface area contributed by atoms with Crippen LogP contribution in [0.3, 0.4) is 0 Å². The Morgan fingerprint density at radius 1 is 0.550 bits per heavy atom. The lowest BCUT2D eigenvalue weighted by Gasteiger charge is -2.36. The standard InChI is InChI=1S/C88H121N21O21S/c1-8-10-23-68-81(123)96-48(3)75(117)104-67(77(119)94-42-72(90)113)45-131-46-73(114)97-64(34-50-26-28-54(111)29-27-50)84(126)105(5)49(4)76(118)98-61(30-31-74(115)116)86(128)108-33-17-25-69(108)82(124)101-63(37-53-41-91-47-95-53)79(121)99-60(22-16-32-89)87(129)109-43-55(112)38-71(109)83(125)100-62(35-51-39-92-58-20-14-12-18-56(51)58)78(120)103-66(44-110)80(122)102-65(36-52-40-93-59-21-15-13-19-57(52)59)85(127)107(7)70(24-11-9-2)88(130)106(68)6/h12-15,18-21,26-29,39-41,47-49,55,60-71,92-93,110-112H,8-11,16-17,22-25,30-38,42-46,89H2,1-7H3,(H2,90,113)(H,91,95)(H,94,119)(H,96,123)(H,97,114)(H,98,118)(H,99,121)(H,100,125)(H,101,124)(H,102,122)(H,103,120)(H,104,117)(H,115,116)/t48-,49-,55+,60-,61-,62-,63-,64-,65-,66-,67-,68-,69-,70-,71-/m0/s1. The number of benzene rings is 3. The average molecular weight is 1840 g/mol. The second-order valence-corrected chi connectivity index (χ2v) is 34.3. The summed E-state index contributed by atoms with van der Waals surface area (Å²) in [5.74, 6) is -17.3. The van der Waals surface area contributed by atoms with Gasteiger partial charge in [-0.15, -0.1) is 11.8 Å². The molecule has 21 N–H and O–H groups in total. The summed E-state index contributed by atoms with van der Waals surface area (Å²) in [5.41, 5.74) is 14.4. The van der Waals surface area contributed by atoms with Gasteiger partial charge >= 0.3 is 5.97 Å². The van der Waals surface area contributed by atoms with Crippen molar-refractivity contribution in [2.45, 2.75) is 228 Å². The van der Waals surface area contributed by atoms with Crippen LogP contribution in [-0.2, 0) is 107 Å². The summed E-state index contributed by atoms with van der Waals surface area (Å²) in [6.45, 7) is 3.85. The number of unbranched alkanes of at least 4 members (excludes halogenated alkanes) is 2. The molecule has 15 atom stereocenters.